The second-order valence-corrected chi connectivity index (χ2v) is 6.71. The van der Waals surface area contributed by atoms with Gasteiger partial charge in [0.25, 0.3) is 0 Å². The highest BCUT2D eigenvalue weighted by Crippen LogP contribution is 2.37. The van der Waals surface area contributed by atoms with E-state index in [0.29, 0.717) is 4.47 Å². The van der Waals surface area contributed by atoms with Crippen LogP contribution >= 0.6 is 27.5 Å². The lowest BCUT2D eigenvalue weighted by Crippen LogP contribution is -2.28. The fourth-order valence-corrected chi connectivity index (χ4v) is 2.78. The Morgan fingerprint density at radius 3 is 2.59 bits per heavy atom. The van der Waals surface area contributed by atoms with Gasteiger partial charge in [0.2, 0.25) is 0 Å². The molecule has 29 heavy (non-hydrogen) atoms. The number of halogens is 6. The summed E-state index contributed by atoms with van der Waals surface area (Å²) >= 11 is 8.97. The number of rotatable bonds is 4. The fourth-order valence-electron chi connectivity index (χ4n) is 2.31. The molecule has 0 saturated heterocycles. The van der Waals surface area contributed by atoms with E-state index in [2.05, 4.69) is 36.0 Å². The zero-order valence-corrected chi connectivity index (χ0v) is 16.6. The van der Waals surface area contributed by atoms with Gasteiger partial charge in [-0.1, -0.05) is 11.6 Å². The van der Waals surface area contributed by atoms with Crippen LogP contribution in [0.3, 0.4) is 0 Å². The van der Waals surface area contributed by atoms with Crippen molar-refractivity contribution >= 4 is 55.9 Å². The molecule has 0 aliphatic rings. The van der Waals surface area contributed by atoms with Gasteiger partial charge in [0.05, 0.1) is 23.3 Å². The molecule has 152 valence electrons. The van der Waals surface area contributed by atoms with Crippen molar-refractivity contribution in [3.63, 3.8) is 0 Å². The van der Waals surface area contributed by atoms with Crippen LogP contribution in [0.2, 0.25) is 5.02 Å². The summed E-state index contributed by atoms with van der Waals surface area (Å²) in [5.41, 5.74) is 0.127. The lowest BCUT2D eigenvalue weighted by atomic mass is 10.2. The Labute approximate surface area is 173 Å². The van der Waals surface area contributed by atoms with Crippen LogP contribution in [0.15, 0.2) is 35.1 Å². The summed E-state index contributed by atoms with van der Waals surface area (Å²) in [6.45, 7) is 0. The number of hydrogen-bond donors (Lipinski definition) is 1. The number of nitrogens with one attached hydrogen (secondary N) is 1. The van der Waals surface area contributed by atoms with Crippen LogP contribution in [0, 0.1) is 5.82 Å². The average molecular weight is 495 g/mol. The third-order valence-corrected chi connectivity index (χ3v) is 4.90. The number of hydrogen-bond acceptors (Lipinski definition) is 6. The van der Waals surface area contributed by atoms with Gasteiger partial charge in [-0.3, -0.25) is 0 Å². The van der Waals surface area contributed by atoms with Gasteiger partial charge in [0.1, 0.15) is 12.1 Å². The topological polar surface area (TPSA) is 73.3 Å². The highest BCUT2D eigenvalue weighted by atomic mass is 79.9. The summed E-state index contributed by atoms with van der Waals surface area (Å²) in [6.07, 6.45) is -4.08. The number of benzene rings is 2. The molecule has 0 amide bonds. The van der Waals surface area contributed by atoms with Gasteiger partial charge in [-0.15, -0.1) is 0 Å². The molecule has 1 aromatic heterocycles. The highest BCUT2D eigenvalue weighted by molar-refractivity contribution is 9.10. The fraction of sp³-hybridized carbons (Fsp3) is 0.118. The van der Waals surface area contributed by atoms with Crippen molar-refractivity contribution < 1.29 is 31.8 Å². The van der Waals surface area contributed by atoms with Crippen molar-refractivity contribution in [3.05, 3.63) is 45.9 Å². The van der Waals surface area contributed by atoms with Crippen molar-refractivity contribution in [2.24, 2.45) is 0 Å². The first-order valence-electron chi connectivity index (χ1n) is 7.64. The summed E-state index contributed by atoms with van der Waals surface area (Å²) in [7, 11) is 1.18. The highest BCUT2D eigenvalue weighted by Gasteiger charge is 2.42. The first-order valence-corrected chi connectivity index (χ1v) is 8.81. The number of fused-ring (bicyclic) bond motifs is 1. The normalized spacial score (nSPS) is 11.4. The molecule has 1 N–H and O–H groups in total. The number of esters is 1. The van der Waals surface area contributed by atoms with E-state index in [1.807, 2.05) is 0 Å². The second-order valence-electron chi connectivity index (χ2n) is 5.48. The maximum absolute atomic E-state index is 14.4. The Morgan fingerprint density at radius 1 is 1.21 bits per heavy atom. The molecule has 0 aliphatic carbocycles. The Hall–Kier alpha value is -2.66. The largest absolute Gasteiger partial charge is 0.493 e. The molecule has 3 aromatic rings. The maximum Gasteiger partial charge on any atom is 0.491 e. The van der Waals surface area contributed by atoms with Crippen molar-refractivity contribution in [2.75, 3.05) is 12.4 Å². The van der Waals surface area contributed by atoms with Crippen LogP contribution in [-0.4, -0.2) is 29.2 Å². The molecular formula is C17H9BrClF4N3O3. The summed E-state index contributed by atoms with van der Waals surface area (Å²) in [4.78, 5) is 19.1. The molecule has 0 unspecified atom stereocenters. The quantitative estimate of drug-likeness (QED) is 0.226. The lowest BCUT2D eigenvalue weighted by Gasteiger charge is -2.14. The van der Waals surface area contributed by atoms with E-state index < -0.39 is 23.7 Å². The first-order chi connectivity index (χ1) is 13.6. The number of anilines is 2. The van der Waals surface area contributed by atoms with Crippen LogP contribution in [0.25, 0.3) is 10.9 Å². The smallest absolute Gasteiger partial charge is 0.491 e. The average Bonchev–Trinajstić information content (AvgIpc) is 2.67. The molecule has 2 aromatic carbocycles. The van der Waals surface area contributed by atoms with Gasteiger partial charge in [-0.2, -0.15) is 13.2 Å². The second kappa shape index (κ2) is 7.99. The molecule has 1 heterocycles. The molecule has 0 aliphatic heterocycles. The van der Waals surface area contributed by atoms with Crippen LogP contribution in [0.5, 0.6) is 11.5 Å². The van der Waals surface area contributed by atoms with Gasteiger partial charge in [0.15, 0.2) is 17.3 Å². The number of carbonyl (C=O) groups excluding carboxylic acids is 1. The number of ether oxygens (including phenoxy) is 2. The summed E-state index contributed by atoms with van der Waals surface area (Å²) in [5.74, 6) is -3.68. The third-order valence-electron chi connectivity index (χ3n) is 3.64. The SMILES string of the molecule is COc1cc2c(Nc3ccc(Br)c(Cl)c3F)ncnc2cc1OC(=O)C(F)(F)F. The Balaban J connectivity index is 2.05. The molecule has 0 radical (unpaired) electrons. The first kappa shape index (κ1) is 21.1. The molecule has 12 heteroatoms. The van der Waals surface area contributed by atoms with Crippen LogP contribution in [-0.2, 0) is 4.79 Å². The molecule has 0 bridgehead atoms. The number of methoxy groups -OCH3 is 1. The van der Waals surface area contributed by atoms with Gasteiger partial charge in [-0.25, -0.2) is 19.2 Å². The molecule has 3 rings (SSSR count). The van der Waals surface area contributed by atoms with Gasteiger partial charge in [0, 0.05) is 15.9 Å². The predicted molar refractivity (Wildman–Crippen MR) is 100 cm³/mol. The number of aromatic nitrogens is 2. The summed E-state index contributed by atoms with van der Waals surface area (Å²) < 4.78 is 61.5. The van der Waals surface area contributed by atoms with E-state index in [4.69, 9.17) is 16.3 Å². The summed E-state index contributed by atoms with van der Waals surface area (Å²) in [6, 6.07) is 5.27. The van der Waals surface area contributed by atoms with Crippen molar-refractivity contribution in [3.8, 4) is 11.5 Å². The van der Waals surface area contributed by atoms with Crippen LogP contribution < -0.4 is 14.8 Å². The van der Waals surface area contributed by atoms with E-state index in [1.165, 1.54) is 25.3 Å². The maximum atomic E-state index is 14.4. The van der Waals surface area contributed by atoms with Crippen LogP contribution in [0.1, 0.15) is 0 Å². The zero-order chi connectivity index (χ0) is 21.3. The Morgan fingerprint density at radius 2 is 1.93 bits per heavy atom. The van der Waals surface area contributed by atoms with Gasteiger partial charge >= 0.3 is 12.1 Å². The minimum Gasteiger partial charge on any atom is -0.493 e. The third kappa shape index (κ3) is 4.35. The minimum absolute atomic E-state index is 0.00439. The Kier molecular flexibility index (Phi) is 5.80. The number of nitrogens with zero attached hydrogens (tertiary/aromatic N) is 2. The minimum atomic E-state index is -5.18. The molecule has 0 spiro atoms. The van der Waals surface area contributed by atoms with E-state index in [-0.39, 0.29) is 33.2 Å². The molecule has 0 saturated carbocycles. The summed E-state index contributed by atoms with van der Waals surface area (Å²) in [5, 5.41) is 2.87. The predicted octanol–water partition coefficient (Wildman–Crippen LogP) is 5.40. The zero-order valence-electron chi connectivity index (χ0n) is 14.3. The molecule has 0 fully saturated rings. The van der Waals surface area contributed by atoms with Crippen molar-refractivity contribution in [2.45, 2.75) is 6.18 Å². The molecular weight excluding hydrogens is 486 g/mol. The number of alkyl halides is 3. The lowest BCUT2D eigenvalue weighted by molar-refractivity contribution is -0.189. The van der Waals surface area contributed by atoms with Gasteiger partial charge in [-0.05, 0) is 34.1 Å². The van der Waals surface area contributed by atoms with E-state index >= 15 is 0 Å². The Bertz CT molecular complexity index is 1110. The van der Waals surface area contributed by atoms with Crippen molar-refractivity contribution in [1.29, 1.82) is 0 Å². The van der Waals surface area contributed by atoms with E-state index in [9.17, 15) is 22.4 Å². The standard InChI is InChI=1S/C17H9BrClF4N3O3/c1-28-11-4-7-10(5-12(11)29-16(27)17(21,22)23)24-6-25-15(7)26-9-3-2-8(18)13(19)14(9)20/h2-6H,1H3,(H,24,25,26). The molecule has 0 atom stereocenters. The molecule has 6 nitrogen and oxygen atoms in total. The number of carbonyl (C=O) groups is 1. The monoisotopic (exact) mass is 493 g/mol. The van der Waals surface area contributed by atoms with E-state index in [0.717, 1.165) is 12.4 Å². The van der Waals surface area contributed by atoms with Crippen molar-refractivity contribution in [1.82, 2.24) is 9.97 Å². The van der Waals surface area contributed by atoms with Crippen LogP contribution in [0.4, 0.5) is 29.1 Å². The van der Waals surface area contributed by atoms with Gasteiger partial charge < -0.3 is 14.8 Å². The van der Waals surface area contributed by atoms with E-state index in [1.54, 1.807) is 0 Å².